The summed E-state index contributed by atoms with van der Waals surface area (Å²) in [6.07, 6.45) is 5.17. The van der Waals surface area contributed by atoms with Gasteiger partial charge >= 0.3 is 0 Å². The van der Waals surface area contributed by atoms with Gasteiger partial charge < -0.3 is 11.1 Å². The maximum atomic E-state index is 12.6. The number of hydrogen-bond donors (Lipinski definition) is 3. The van der Waals surface area contributed by atoms with Crippen LogP contribution in [0.15, 0.2) is 23.1 Å². The number of carbonyl (C=O) groups is 1. The third-order valence-corrected chi connectivity index (χ3v) is 6.12. The average molecular weight is 337 g/mol. The van der Waals surface area contributed by atoms with Crippen molar-refractivity contribution in [1.29, 1.82) is 0 Å². The number of amides is 1. The number of nitrogens with two attached hydrogens (primary N) is 1. The first-order chi connectivity index (χ1) is 10.9. The lowest BCUT2D eigenvalue weighted by Gasteiger charge is -2.26. The highest BCUT2D eigenvalue weighted by atomic mass is 32.2. The van der Waals surface area contributed by atoms with E-state index in [1.807, 2.05) is 0 Å². The first-order valence-electron chi connectivity index (χ1n) is 8.15. The molecule has 0 atom stereocenters. The van der Waals surface area contributed by atoms with Crippen molar-refractivity contribution in [3.63, 3.8) is 0 Å². The summed E-state index contributed by atoms with van der Waals surface area (Å²) in [6, 6.07) is 5.06. The summed E-state index contributed by atoms with van der Waals surface area (Å²) in [5, 5.41) is 2.82. The molecule has 0 spiro atoms. The summed E-state index contributed by atoms with van der Waals surface area (Å²) in [5.74, 6) is -0.0176. The molecule has 1 heterocycles. The summed E-state index contributed by atoms with van der Waals surface area (Å²) in [5.41, 5.74) is 7.46. The van der Waals surface area contributed by atoms with Crippen LogP contribution in [-0.2, 0) is 21.2 Å². The molecule has 1 aromatic carbocycles. The molecule has 6 nitrogen and oxygen atoms in total. The maximum Gasteiger partial charge on any atom is 0.240 e. The molecule has 0 radical (unpaired) electrons. The lowest BCUT2D eigenvalue weighted by molar-refractivity contribution is -0.116. The van der Waals surface area contributed by atoms with Gasteiger partial charge in [0.1, 0.15) is 0 Å². The maximum absolute atomic E-state index is 12.6. The Morgan fingerprint density at radius 3 is 2.61 bits per heavy atom. The Morgan fingerprint density at radius 2 is 1.87 bits per heavy atom. The van der Waals surface area contributed by atoms with Crippen LogP contribution in [0.25, 0.3) is 0 Å². The molecule has 0 aromatic heterocycles. The Balaban J connectivity index is 1.77. The van der Waals surface area contributed by atoms with Crippen molar-refractivity contribution >= 4 is 21.6 Å². The molecule has 4 N–H and O–H groups in total. The van der Waals surface area contributed by atoms with E-state index in [0.29, 0.717) is 12.8 Å². The van der Waals surface area contributed by atoms with Crippen molar-refractivity contribution in [1.82, 2.24) is 4.72 Å². The van der Waals surface area contributed by atoms with E-state index < -0.39 is 10.0 Å². The standard InChI is InChI=1S/C16H23N3O3S/c17-12-4-6-13(7-5-12)19-23(21,22)14-8-9-15-11(10-14)2-1-3-16(20)18-15/h8-10,12-13,19H,1-7,17H2,(H,18,20). The third kappa shape index (κ3) is 3.91. The van der Waals surface area contributed by atoms with Crippen LogP contribution in [0.3, 0.4) is 0 Å². The fraction of sp³-hybridized carbons (Fsp3) is 0.562. The molecule has 0 unspecified atom stereocenters. The fourth-order valence-electron chi connectivity index (χ4n) is 3.24. The van der Waals surface area contributed by atoms with E-state index in [1.54, 1.807) is 18.2 Å². The predicted octanol–water partition coefficient (Wildman–Crippen LogP) is 1.51. The summed E-state index contributed by atoms with van der Waals surface area (Å²) >= 11 is 0. The predicted molar refractivity (Wildman–Crippen MR) is 88.6 cm³/mol. The Hall–Kier alpha value is -1.44. The SMILES string of the molecule is NC1CCC(NS(=O)(=O)c2ccc3c(c2)CCCC(=O)N3)CC1. The van der Waals surface area contributed by atoms with Crippen LogP contribution in [0.2, 0.25) is 0 Å². The Bertz CT molecular complexity index is 695. The van der Waals surface area contributed by atoms with Crippen LogP contribution in [0.1, 0.15) is 44.1 Å². The monoisotopic (exact) mass is 337 g/mol. The number of anilines is 1. The lowest BCUT2D eigenvalue weighted by atomic mass is 9.93. The van der Waals surface area contributed by atoms with Gasteiger partial charge in [-0.25, -0.2) is 13.1 Å². The minimum absolute atomic E-state index is 0.0176. The van der Waals surface area contributed by atoms with Crippen molar-refractivity contribution in [2.45, 2.75) is 61.9 Å². The largest absolute Gasteiger partial charge is 0.328 e. The topological polar surface area (TPSA) is 101 Å². The molecule has 3 rings (SSSR count). The summed E-state index contributed by atoms with van der Waals surface area (Å²) in [7, 11) is -3.54. The van der Waals surface area contributed by atoms with Gasteiger partial charge in [0.2, 0.25) is 15.9 Å². The number of aryl methyl sites for hydroxylation is 1. The minimum atomic E-state index is -3.54. The van der Waals surface area contributed by atoms with Crippen LogP contribution in [-0.4, -0.2) is 26.4 Å². The lowest BCUT2D eigenvalue weighted by Crippen LogP contribution is -2.40. The van der Waals surface area contributed by atoms with Gasteiger partial charge in [-0.15, -0.1) is 0 Å². The van der Waals surface area contributed by atoms with E-state index in [9.17, 15) is 13.2 Å². The molecular weight excluding hydrogens is 314 g/mol. The molecule has 1 aliphatic carbocycles. The van der Waals surface area contributed by atoms with Crippen LogP contribution < -0.4 is 15.8 Å². The molecule has 0 saturated heterocycles. The number of hydrogen-bond acceptors (Lipinski definition) is 4. The van der Waals surface area contributed by atoms with Gasteiger partial charge in [-0.1, -0.05) is 0 Å². The van der Waals surface area contributed by atoms with Gasteiger partial charge in [0.25, 0.3) is 0 Å². The minimum Gasteiger partial charge on any atom is -0.328 e. The molecule has 1 fully saturated rings. The van der Waals surface area contributed by atoms with Gasteiger partial charge in [0, 0.05) is 24.2 Å². The molecule has 1 aliphatic heterocycles. The second-order valence-corrected chi connectivity index (χ2v) is 8.17. The van der Waals surface area contributed by atoms with Crippen LogP contribution in [0.4, 0.5) is 5.69 Å². The first-order valence-corrected chi connectivity index (χ1v) is 9.63. The molecule has 1 saturated carbocycles. The molecule has 1 aromatic rings. The van der Waals surface area contributed by atoms with E-state index in [2.05, 4.69) is 10.0 Å². The number of carbonyl (C=O) groups excluding carboxylic acids is 1. The van der Waals surface area contributed by atoms with E-state index in [0.717, 1.165) is 43.4 Å². The fourth-order valence-corrected chi connectivity index (χ4v) is 4.60. The van der Waals surface area contributed by atoms with E-state index in [1.165, 1.54) is 0 Å². The Labute approximate surface area is 136 Å². The number of rotatable bonds is 3. The van der Waals surface area contributed by atoms with Crippen LogP contribution in [0, 0.1) is 0 Å². The van der Waals surface area contributed by atoms with Gasteiger partial charge in [0.05, 0.1) is 4.90 Å². The molecule has 126 valence electrons. The van der Waals surface area contributed by atoms with Crippen molar-refractivity contribution in [2.75, 3.05) is 5.32 Å². The number of nitrogens with one attached hydrogen (secondary N) is 2. The van der Waals surface area contributed by atoms with Gasteiger partial charge in [-0.05, 0) is 62.3 Å². The molecule has 1 amide bonds. The number of fused-ring (bicyclic) bond motifs is 1. The highest BCUT2D eigenvalue weighted by Crippen LogP contribution is 2.26. The second-order valence-electron chi connectivity index (χ2n) is 6.45. The molecular formula is C16H23N3O3S. The molecule has 23 heavy (non-hydrogen) atoms. The van der Waals surface area contributed by atoms with Crippen molar-refractivity contribution < 1.29 is 13.2 Å². The van der Waals surface area contributed by atoms with E-state index in [4.69, 9.17) is 5.73 Å². The van der Waals surface area contributed by atoms with Crippen LogP contribution >= 0.6 is 0 Å². The number of benzene rings is 1. The summed E-state index contributed by atoms with van der Waals surface area (Å²) in [4.78, 5) is 11.8. The summed E-state index contributed by atoms with van der Waals surface area (Å²) in [6.45, 7) is 0. The summed E-state index contributed by atoms with van der Waals surface area (Å²) < 4.78 is 28.0. The third-order valence-electron chi connectivity index (χ3n) is 4.60. The second kappa shape index (κ2) is 6.59. The molecule has 2 aliphatic rings. The zero-order valence-electron chi connectivity index (χ0n) is 13.0. The van der Waals surface area contributed by atoms with Crippen molar-refractivity contribution in [3.8, 4) is 0 Å². The van der Waals surface area contributed by atoms with E-state index >= 15 is 0 Å². The van der Waals surface area contributed by atoms with Gasteiger partial charge in [-0.2, -0.15) is 0 Å². The zero-order chi connectivity index (χ0) is 16.4. The van der Waals surface area contributed by atoms with Crippen molar-refractivity contribution in [2.24, 2.45) is 5.73 Å². The Morgan fingerprint density at radius 1 is 1.13 bits per heavy atom. The molecule has 0 bridgehead atoms. The zero-order valence-corrected chi connectivity index (χ0v) is 13.9. The Kier molecular flexibility index (Phi) is 4.70. The van der Waals surface area contributed by atoms with Gasteiger partial charge in [-0.3, -0.25) is 4.79 Å². The number of sulfonamides is 1. The average Bonchev–Trinajstić information content (AvgIpc) is 2.69. The quantitative estimate of drug-likeness (QED) is 0.778. The van der Waals surface area contributed by atoms with Crippen molar-refractivity contribution in [3.05, 3.63) is 23.8 Å². The van der Waals surface area contributed by atoms with Gasteiger partial charge in [0.15, 0.2) is 0 Å². The molecule has 7 heteroatoms. The smallest absolute Gasteiger partial charge is 0.240 e. The van der Waals surface area contributed by atoms with E-state index in [-0.39, 0.29) is 22.9 Å². The normalized spacial score (nSPS) is 25.3. The van der Waals surface area contributed by atoms with Crippen LogP contribution in [0.5, 0.6) is 0 Å². The highest BCUT2D eigenvalue weighted by molar-refractivity contribution is 7.89. The highest BCUT2D eigenvalue weighted by Gasteiger charge is 2.25. The first kappa shape index (κ1) is 16.4.